The van der Waals surface area contributed by atoms with Crippen LogP contribution >= 0.6 is 0 Å². The van der Waals surface area contributed by atoms with E-state index in [1.54, 1.807) is 6.07 Å². The van der Waals surface area contributed by atoms with Crippen LogP contribution in [0, 0.1) is 5.92 Å². The molecule has 1 aromatic heterocycles. The molecule has 0 spiro atoms. The number of nitrogen functional groups attached to an aromatic ring is 1. The van der Waals surface area contributed by atoms with Crippen LogP contribution in [0.5, 0.6) is 0 Å². The van der Waals surface area contributed by atoms with Gasteiger partial charge in [-0.15, -0.1) is 0 Å². The number of nitrogens with zero attached hydrogens (tertiary/aromatic N) is 2. The largest absolute Gasteiger partial charge is 0.384 e. The average molecular weight is 222 g/mol. The van der Waals surface area contributed by atoms with Crippen LogP contribution < -0.4 is 11.1 Å². The minimum absolute atomic E-state index is 0.513. The van der Waals surface area contributed by atoms with Gasteiger partial charge in [-0.3, -0.25) is 0 Å². The Morgan fingerprint density at radius 2 is 2.19 bits per heavy atom. The molecule has 16 heavy (non-hydrogen) atoms. The third-order valence-corrected chi connectivity index (χ3v) is 2.80. The van der Waals surface area contributed by atoms with Crippen molar-refractivity contribution >= 4 is 11.6 Å². The van der Waals surface area contributed by atoms with Crippen molar-refractivity contribution in [1.29, 1.82) is 0 Å². The van der Waals surface area contributed by atoms with Crippen molar-refractivity contribution in [2.24, 2.45) is 5.92 Å². The molecule has 0 amide bonds. The molecule has 4 nitrogen and oxygen atoms in total. The highest BCUT2D eigenvalue weighted by molar-refractivity contribution is 5.43. The van der Waals surface area contributed by atoms with Gasteiger partial charge in [-0.2, -0.15) is 0 Å². The Morgan fingerprint density at radius 3 is 2.81 bits per heavy atom. The number of hydrogen-bond donors (Lipinski definition) is 2. The minimum atomic E-state index is 0.513. The topological polar surface area (TPSA) is 63.8 Å². The Labute approximate surface area is 97.7 Å². The molecule has 3 N–H and O–H groups in total. The van der Waals surface area contributed by atoms with Gasteiger partial charge in [0, 0.05) is 12.6 Å². The van der Waals surface area contributed by atoms with E-state index in [4.69, 9.17) is 5.73 Å². The first kappa shape index (κ1) is 12.7. The van der Waals surface area contributed by atoms with E-state index in [0.717, 1.165) is 18.3 Å². The van der Waals surface area contributed by atoms with Crippen LogP contribution in [0.4, 0.5) is 11.6 Å². The first-order valence-corrected chi connectivity index (χ1v) is 6.07. The third-order valence-electron chi connectivity index (χ3n) is 2.80. The van der Waals surface area contributed by atoms with Gasteiger partial charge in [0.25, 0.3) is 0 Å². The Morgan fingerprint density at radius 1 is 1.38 bits per heavy atom. The molecule has 1 atom stereocenters. The maximum atomic E-state index is 5.59. The number of hydrogen-bond acceptors (Lipinski definition) is 4. The van der Waals surface area contributed by atoms with E-state index in [-0.39, 0.29) is 0 Å². The molecule has 0 fully saturated rings. The van der Waals surface area contributed by atoms with Crippen LogP contribution in [0.3, 0.4) is 0 Å². The maximum absolute atomic E-state index is 5.59. The van der Waals surface area contributed by atoms with Crippen LogP contribution in [-0.4, -0.2) is 16.5 Å². The Bertz CT molecular complexity index is 301. The summed E-state index contributed by atoms with van der Waals surface area (Å²) in [5.74, 6) is 2.05. The monoisotopic (exact) mass is 222 g/mol. The quantitative estimate of drug-likeness (QED) is 0.744. The van der Waals surface area contributed by atoms with Gasteiger partial charge in [0.15, 0.2) is 0 Å². The van der Waals surface area contributed by atoms with E-state index >= 15 is 0 Å². The van der Waals surface area contributed by atoms with Gasteiger partial charge in [0.05, 0.1) is 0 Å². The molecular formula is C12H22N4. The zero-order valence-corrected chi connectivity index (χ0v) is 10.2. The fourth-order valence-electron chi connectivity index (χ4n) is 1.66. The Balaban J connectivity index is 2.37. The smallest absolute Gasteiger partial charge is 0.131 e. The van der Waals surface area contributed by atoms with E-state index < -0.39 is 0 Å². The molecule has 0 aliphatic rings. The first-order valence-electron chi connectivity index (χ1n) is 6.07. The van der Waals surface area contributed by atoms with Crippen LogP contribution in [0.15, 0.2) is 12.4 Å². The molecule has 4 heteroatoms. The van der Waals surface area contributed by atoms with E-state index in [0.29, 0.717) is 5.82 Å². The summed E-state index contributed by atoms with van der Waals surface area (Å²) >= 11 is 0. The lowest BCUT2D eigenvalue weighted by atomic mass is 9.99. The highest BCUT2D eigenvalue weighted by Gasteiger charge is 2.05. The van der Waals surface area contributed by atoms with Gasteiger partial charge in [-0.25, -0.2) is 9.97 Å². The van der Waals surface area contributed by atoms with Crippen molar-refractivity contribution in [1.82, 2.24) is 9.97 Å². The fraction of sp³-hybridized carbons (Fsp3) is 0.667. The summed E-state index contributed by atoms with van der Waals surface area (Å²) in [5, 5.41) is 3.31. The second-order valence-electron chi connectivity index (χ2n) is 4.13. The second-order valence-corrected chi connectivity index (χ2v) is 4.13. The lowest BCUT2D eigenvalue weighted by Gasteiger charge is -2.15. The molecule has 1 rings (SSSR count). The van der Waals surface area contributed by atoms with Crippen molar-refractivity contribution in [2.45, 2.75) is 39.5 Å². The van der Waals surface area contributed by atoms with Gasteiger partial charge in [0.2, 0.25) is 0 Å². The molecule has 1 heterocycles. The summed E-state index contributed by atoms with van der Waals surface area (Å²) in [6.45, 7) is 5.43. The lowest BCUT2D eigenvalue weighted by molar-refractivity contribution is 0.472. The number of rotatable bonds is 7. The van der Waals surface area contributed by atoms with Gasteiger partial charge in [-0.1, -0.05) is 33.1 Å². The van der Waals surface area contributed by atoms with Gasteiger partial charge in [0.1, 0.15) is 18.0 Å². The fourth-order valence-corrected chi connectivity index (χ4v) is 1.66. The number of nitrogens with one attached hydrogen (secondary N) is 1. The summed E-state index contributed by atoms with van der Waals surface area (Å²) in [4.78, 5) is 7.99. The molecule has 0 radical (unpaired) electrons. The first-order chi connectivity index (χ1) is 7.76. The SMILES string of the molecule is CCCCC(CC)CNc1cc(N)ncn1. The maximum Gasteiger partial charge on any atom is 0.131 e. The average Bonchev–Trinajstić information content (AvgIpc) is 2.29. The van der Waals surface area contributed by atoms with Crippen molar-refractivity contribution in [3.05, 3.63) is 12.4 Å². The van der Waals surface area contributed by atoms with Crippen molar-refractivity contribution in [3.63, 3.8) is 0 Å². The molecule has 1 aromatic rings. The standard InChI is InChI=1S/C12H22N4/c1-3-5-6-10(4-2)8-14-12-7-11(13)15-9-16-12/h7,9-10H,3-6,8H2,1-2H3,(H3,13,14,15,16). The van der Waals surface area contributed by atoms with Crippen LogP contribution in [0.25, 0.3) is 0 Å². The predicted molar refractivity (Wildman–Crippen MR) is 68.2 cm³/mol. The molecule has 0 bridgehead atoms. The van der Waals surface area contributed by atoms with Crippen LogP contribution in [0.2, 0.25) is 0 Å². The van der Waals surface area contributed by atoms with Crippen molar-refractivity contribution < 1.29 is 0 Å². The summed E-state index contributed by atoms with van der Waals surface area (Å²) in [7, 11) is 0. The third kappa shape index (κ3) is 4.47. The van der Waals surface area contributed by atoms with E-state index in [9.17, 15) is 0 Å². The van der Waals surface area contributed by atoms with Gasteiger partial charge < -0.3 is 11.1 Å². The number of aromatic nitrogens is 2. The predicted octanol–water partition coefficient (Wildman–Crippen LogP) is 2.69. The van der Waals surface area contributed by atoms with Gasteiger partial charge >= 0.3 is 0 Å². The number of anilines is 2. The molecule has 0 saturated heterocycles. The Kier molecular flexibility index (Phi) is 5.61. The molecule has 0 saturated carbocycles. The minimum Gasteiger partial charge on any atom is -0.384 e. The molecule has 1 unspecified atom stereocenters. The van der Waals surface area contributed by atoms with Crippen molar-refractivity contribution in [2.75, 3.05) is 17.6 Å². The van der Waals surface area contributed by atoms with E-state index in [2.05, 4.69) is 29.1 Å². The summed E-state index contributed by atoms with van der Waals surface area (Å²) in [5.41, 5.74) is 5.59. The number of unbranched alkanes of at least 4 members (excludes halogenated alkanes) is 1. The Hall–Kier alpha value is -1.32. The highest BCUT2D eigenvalue weighted by atomic mass is 15.0. The van der Waals surface area contributed by atoms with E-state index in [1.165, 1.54) is 32.0 Å². The second kappa shape index (κ2) is 7.04. The number of nitrogens with two attached hydrogens (primary N) is 1. The normalized spacial score (nSPS) is 12.4. The van der Waals surface area contributed by atoms with Crippen molar-refractivity contribution in [3.8, 4) is 0 Å². The zero-order valence-electron chi connectivity index (χ0n) is 10.2. The van der Waals surface area contributed by atoms with Crippen LogP contribution in [0.1, 0.15) is 39.5 Å². The van der Waals surface area contributed by atoms with Gasteiger partial charge in [-0.05, 0) is 12.3 Å². The zero-order chi connectivity index (χ0) is 11.8. The molecule has 0 aromatic carbocycles. The molecule has 0 aliphatic carbocycles. The summed E-state index contributed by atoms with van der Waals surface area (Å²) in [6.07, 6.45) is 6.53. The molecule has 90 valence electrons. The molecule has 0 aliphatic heterocycles. The van der Waals surface area contributed by atoms with E-state index in [1.807, 2.05) is 0 Å². The summed E-state index contributed by atoms with van der Waals surface area (Å²) < 4.78 is 0. The highest BCUT2D eigenvalue weighted by Crippen LogP contribution is 2.14. The molecular weight excluding hydrogens is 200 g/mol. The van der Waals surface area contributed by atoms with Crippen LogP contribution in [-0.2, 0) is 0 Å². The summed E-state index contributed by atoms with van der Waals surface area (Å²) in [6, 6.07) is 1.77. The lowest BCUT2D eigenvalue weighted by Crippen LogP contribution is -2.14.